The predicted octanol–water partition coefficient (Wildman–Crippen LogP) is 2.63. The molecule has 0 spiro atoms. The van der Waals surface area contributed by atoms with E-state index >= 15 is 0 Å². The Kier molecular flexibility index (Phi) is 5.40. The maximum atomic E-state index is 12.4. The van der Waals surface area contributed by atoms with Gasteiger partial charge in [0, 0.05) is 23.7 Å². The first-order valence-electron chi connectivity index (χ1n) is 8.36. The molecule has 0 fully saturated rings. The summed E-state index contributed by atoms with van der Waals surface area (Å²) in [6.07, 6.45) is 0.961. The molecule has 1 amide bonds. The van der Waals surface area contributed by atoms with E-state index in [2.05, 4.69) is 5.32 Å². The quantitative estimate of drug-likeness (QED) is 0.622. The van der Waals surface area contributed by atoms with Gasteiger partial charge in [-0.25, -0.2) is 4.79 Å². The highest BCUT2D eigenvalue weighted by Crippen LogP contribution is 2.25. The normalized spacial score (nSPS) is 12.6. The topological polar surface area (TPSA) is 90.9 Å². The minimum absolute atomic E-state index is 0.0378. The number of carbonyl (C=O) groups is 3. The van der Waals surface area contributed by atoms with E-state index in [1.54, 1.807) is 24.3 Å². The van der Waals surface area contributed by atoms with Crippen LogP contribution in [0.3, 0.4) is 0 Å². The van der Waals surface area contributed by atoms with Gasteiger partial charge in [-0.05, 0) is 42.3 Å². The highest BCUT2D eigenvalue weighted by atomic mass is 16.5. The molecule has 140 valence electrons. The molecular formula is C20H19NO6. The van der Waals surface area contributed by atoms with Crippen molar-refractivity contribution < 1.29 is 28.6 Å². The van der Waals surface area contributed by atoms with E-state index in [9.17, 15) is 14.4 Å². The summed E-state index contributed by atoms with van der Waals surface area (Å²) in [6.45, 7) is -0.385. The summed E-state index contributed by atoms with van der Waals surface area (Å²) in [5, 5.41) is 2.76. The third-order valence-corrected chi connectivity index (χ3v) is 4.24. The third kappa shape index (κ3) is 4.25. The maximum absolute atomic E-state index is 12.4. The average Bonchev–Trinajstić information content (AvgIpc) is 2.70. The highest BCUT2D eigenvalue weighted by molar-refractivity contribution is 6.01. The van der Waals surface area contributed by atoms with Crippen LogP contribution in [0.25, 0.3) is 0 Å². The summed E-state index contributed by atoms with van der Waals surface area (Å²) in [6, 6.07) is 9.67. The summed E-state index contributed by atoms with van der Waals surface area (Å²) >= 11 is 0. The lowest BCUT2D eigenvalue weighted by Crippen LogP contribution is -2.20. The Labute approximate surface area is 156 Å². The number of ketones is 1. The number of anilines is 1. The lowest BCUT2D eigenvalue weighted by molar-refractivity contribution is -0.116. The summed E-state index contributed by atoms with van der Waals surface area (Å²) < 4.78 is 15.4. The fourth-order valence-corrected chi connectivity index (χ4v) is 2.78. The van der Waals surface area contributed by atoms with Crippen molar-refractivity contribution in [3.8, 4) is 11.5 Å². The van der Waals surface area contributed by atoms with Gasteiger partial charge in [-0.1, -0.05) is 0 Å². The van der Waals surface area contributed by atoms with Crippen LogP contribution in [0.15, 0.2) is 36.4 Å². The van der Waals surface area contributed by atoms with E-state index in [4.69, 9.17) is 14.2 Å². The lowest BCUT2D eigenvalue weighted by Gasteiger charge is -2.17. The summed E-state index contributed by atoms with van der Waals surface area (Å²) in [5.41, 5.74) is 2.26. The molecule has 2 aromatic rings. The Morgan fingerprint density at radius 1 is 0.963 bits per heavy atom. The van der Waals surface area contributed by atoms with E-state index in [1.165, 1.54) is 26.4 Å². The molecule has 2 aromatic carbocycles. The van der Waals surface area contributed by atoms with Crippen molar-refractivity contribution >= 4 is 23.3 Å². The van der Waals surface area contributed by atoms with Crippen molar-refractivity contribution in [3.05, 3.63) is 53.1 Å². The fourth-order valence-electron chi connectivity index (χ4n) is 2.78. The first-order chi connectivity index (χ1) is 13.0. The van der Waals surface area contributed by atoms with Gasteiger partial charge in [0.25, 0.3) is 0 Å². The number of Topliss-reactive ketones (excluding diaryl/α,β-unsaturated/α-hetero) is 1. The van der Waals surface area contributed by atoms with Crippen LogP contribution >= 0.6 is 0 Å². The van der Waals surface area contributed by atoms with Gasteiger partial charge < -0.3 is 19.5 Å². The zero-order valence-electron chi connectivity index (χ0n) is 15.0. The lowest BCUT2D eigenvalue weighted by atomic mass is 9.99. The third-order valence-electron chi connectivity index (χ3n) is 4.24. The minimum Gasteiger partial charge on any atom is -0.497 e. The van der Waals surface area contributed by atoms with Gasteiger partial charge in [-0.15, -0.1) is 0 Å². The van der Waals surface area contributed by atoms with Crippen LogP contribution in [0.5, 0.6) is 11.5 Å². The largest absolute Gasteiger partial charge is 0.497 e. The molecule has 0 radical (unpaired) electrons. The molecule has 0 atom stereocenters. The van der Waals surface area contributed by atoms with E-state index < -0.39 is 5.97 Å². The number of benzene rings is 2. The smallest absolute Gasteiger partial charge is 0.338 e. The second kappa shape index (κ2) is 7.90. The molecule has 1 heterocycles. The molecule has 1 N–H and O–H groups in total. The minimum atomic E-state index is -0.647. The van der Waals surface area contributed by atoms with Gasteiger partial charge in [0.2, 0.25) is 5.91 Å². The van der Waals surface area contributed by atoms with Gasteiger partial charge in [0.05, 0.1) is 19.8 Å². The number of methoxy groups -OCH3 is 2. The van der Waals surface area contributed by atoms with Crippen molar-refractivity contribution in [3.63, 3.8) is 0 Å². The average molecular weight is 369 g/mol. The second-order valence-corrected chi connectivity index (χ2v) is 6.02. The molecule has 7 heteroatoms. The van der Waals surface area contributed by atoms with E-state index in [0.717, 1.165) is 5.56 Å². The number of aryl methyl sites for hydroxylation is 1. The molecule has 0 unspecified atom stereocenters. The number of ether oxygens (including phenoxy) is 3. The van der Waals surface area contributed by atoms with Crippen LogP contribution in [-0.2, 0) is 16.0 Å². The van der Waals surface area contributed by atoms with E-state index in [0.29, 0.717) is 35.6 Å². The molecule has 27 heavy (non-hydrogen) atoms. The van der Waals surface area contributed by atoms with Crippen LogP contribution in [-0.4, -0.2) is 38.5 Å². The number of nitrogens with one attached hydrogen (secondary N) is 1. The van der Waals surface area contributed by atoms with Crippen LogP contribution in [0, 0.1) is 0 Å². The fraction of sp³-hybridized carbons (Fsp3) is 0.250. The van der Waals surface area contributed by atoms with Crippen molar-refractivity contribution in [2.45, 2.75) is 12.8 Å². The molecular weight excluding hydrogens is 350 g/mol. The zero-order valence-corrected chi connectivity index (χ0v) is 15.0. The maximum Gasteiger partial charge on any atom is 0.338 e. The molecule has 3 rings (SSSR count). The first kappa shape index (κ1) is 18.4. The molecule has 0 aliphatic carbocycles. The van der Waals surface area contributed by atoms with Gasteiger partial charge in [0.1, 0.15) is 11.5 Å². The molecule has 0 saturated carbocycles. The molecule has 1 aliphatic rings. The second-order valence-electron chi connectivity index (χ2n) is 6.02. The number of fused-ring (bicyclic) bond motifs is 1. The van der Waals surface area contributed by atoms with Gasteiger partial charge in [-0.3, -0.25) is 9.59 Å². The number of rotatable bonds is 6. The Morgan fingerprint density at radius 3 is 2.33 bits per heavy atom. The summed E-state index contributed by atoms with van der Waals surface area (Å²) in [5.74, 6) is -0.110. The van der Waals surface area contributed by atoms with Crippen molar-refractivity contribution in [2.24, 2.45) is 0 Å². The predicted molar refractivity (Wildman–Crippen MR) is 97.6 cm³/mol. The Morgan fingerprint density at radius 2 is 1.67 bits per heavy atom. The Balaban J connectivity index is 1.67. The number of carbonyl (C=O) groups excluding carboxylic acids is 3. The summed E-state index contributed by atoms with van der Waals surface area (Å²) in [7, 11) is 2.96. The molecule has 1 aliphatic heterocycles. The SMILES string of the molecule is COc1cc(OC)cc(C(=O)OCC(=O)c2ccc3c(c2)CCC(=O)N3)c1. The van der Waals surface area contributed by atoms with E-state index in [1.807, 2.05) is 0 Å². The zero-order chi connectivity index (χ0) is 19.4. The summed E-state index contributed by atoms with van der Waals surface area (Å²) in [4.78, 5) is 36.0. The molecule has 7 nitrogen and oxygen atoms in total. The highest BCUT2D eigenvalue weighted by Gasteiger charge is 2.18. The molecule has 0 aromatic heterocycles. The van der Waals surface area contributed by atoms with E-state index in [-0.39, 0.29) is 23.9 Å². The standard InChI is InChI=1S/C20H19NO6/c1-25-15-8-14(9-16(10-15)26-2)20(24)27-11-18(22)13-3-5-17-12(7-13)4-6-19(23)21-17/h3,5,7-10H,4,6,11H2,1-2H3,(H,21,23). The van der Waals surface area contributed by atoms with Gasteiger partial charge in [-0.2, -0.15) is 0 Å². The first-order valence-corrected chi connectivity index (χ1v) is 8.36. The van der Waals surface area contributed by atoms with Gasteiger partial charge in [0.15, 0.2) is 12.4 Å². The van der Waals surface area contributed by atoms with Crippen molar-refractivity contribution in [2.75, 3.05) is 26.1 Å². The molecule has 0 bridgehead atoms. The number of amides is 1. The van der Waals surface area contributed by atoms with Crippen LogP contribution in [0.2, 0.25) is 0 Å². The van der Waals surface area contributed by atoms with Gasteiger partial charge >= 0.3 is 5.97 Å². The van der Waals surface area contributed by atoms with Crippen LogP contribution < -0.4 is 14.8 Å². The Hall–Kier alpha value is -3.35. The Bertz CT molecular complexity index is 883. The van der Waals surface area contributed by atoms with Crippen LogP contribution in [0.4, 0.5) is 5.69 Å². The van der Waals surface area contributed by atoms with Crippen molar-refractivity contribution in [1.82, 2.24) is 0 Å². The number of hydrogen-bond donors (Lipinski definition) is 1. The van der Waals surface area contributed by atoms with Crippen molar-refractivity contribution in [1.29, 1.82) is 0 Å². The number of hydrogen-bond acceptors (Lipinski definition) is 6. The van der Waals surface area contributed by atoms with Crippen LogP contribution in [0.1, 0.15) is 32.7 Å². The molecule has 0 saturated heterocycles. The number of esters is 1. The monoisotopic (exact) mass is 369 g/mol.